The van der Waals surface area contributed by atoms with Crippen molar-refractivity contribution in [2.75, 3.05) is 0 Å². The highest BCUT2D eigenvalue weighted by molar-refractivity contribution is 5.89. The number of hydrogen-bond acceptors (Lipinski definition) is 6. The Kier molecular flexibility index (Phi) is 4.54. The molecule has 0 aliphatic heterocycles. The van der Waals surface area contributed by atoms with Crippen LogP contribution in [0, 0.1) is 10.1 Å². The van der Waals surface area contributed by atoms with Crippen molar-refractivity contribution in [2.45, 2.75) is 0 Å². The third kappa shape index (κ3) is 3.74. The monoisotopic (exact) mass is 369 g/mol. The molecule has 0 radical (unpaired) electrons. The average molecular weight is 369 g/mol. The molecule has 10 nitrogen and oxygen atoms in total. The van der Waals surface area contributed by atoms with Gasteiger partial charge >= 0.3 is 22.9 Å². The minimum atomic E-state index is -1.12. The molecule has 3 aromatic rings. The zero-order chi connectivity index (χ0) is 19.6. The number of H-pyrrole nitrogens is 2. The van der Waals surface area contributed by atoms with Gasteiger partial charge in [0.15, 0.2) is 0 Å². The van der Waals surface area contributed by atoms with Crippen molar-refractivity contribution < 1.29 is 19.2 Å². The molecule has 0 fully saturated rings. The molecule has 3 rings (SSSR count). The van der Waals surface area contributed by atoms with Gasteiger partial charge in [-0.2, -0.15) is 0 Å². The molecule has 0 aliphatic rings. The van der Waals surface area contributed by atoms with Gasteiger partial charge in [-0.1, -0.05) is 12.1 Å². The second-order valence-electron chi connectivity index (χ2n) is 5.35. The maximum absolute atomic E-state index is 11.6. The van der Waals surface area contributed by atoms with E-state index in [-0.39, 0.29) is 17.0 Å². The predicted octanol–water partition coefficient (Wildman–Crippen LogP) is 2.10. The van der Waals surface area contributed by atoms with Gasteiger partial charge in [0, 0.05) is 5.56 Å². The summed E-state index contributed by atoms with van der Waals surface area (Å²) in [7, 11) is 0. The Hall–Kier alpha value is -4.21. The molecular formula is C17H11N3O7. The predicted molar refractivity (Wildman–Crippen MR) is 94.4 cm³/mol. The van der Waals surface area contributed by atoms with E-state index in [0.29, 0.717) is 11.3 Å². The fourth-order valence-corrected chi connectivity index (χ4v) is 2.37. The molecule has 2 aromatic heterocycles. The molecule has 0 atom stereocenters. The van der Waals surface area contributed by atoms with Crippen molar-refractivity contribution in [3.8, 4) is 11.3 Å². The Labute approximate surface area is 149 Å². The van der Waals surface area contributed by atoms with Crippen molar-refractivity contribution >= 4 is 23.8 Å². The van der Waals surface area contributed by atoms with E-state index in [0.717, 1.165) is 0 Å². The minimum absolute atomic E-state index is 0.0951. The highest BCUT2D eigenvalue weighted by Gasteiger charge is 2.19. The first-order chi connectivity index (χ1) is 12.8. The number of carboxylic acid groups (broad SMARTS) is 1. The van der Waals surface area contributed by atoms with Crippen LogP contribution in [0.5, 0.6) is 0 Å². The molecular weight excluding hydrogens is 358 g/mol. The SMILES string of the molecule is O=C(O)c1cccc(-c2ccc(/C=C/c3[nH]c(=O)[nH]c(=O)c3[N+](=O)[O-])o2)c1. The second kappa shape index (κ2) is 6.96. The van der Waals surface area contributed by atoms with Crippen molar-refractivity contribution in [3.05, 3.63) is 84.4 Å². The van der Waals surface area contributed by atoms with Crippen molar-refractivity contribution in [3.63, 3.8) is 0 Å². The number of nitro groups is 1. The van der Waals surface area contributed by atoms with Gasteiger partial charge in [-0.25, -0.2) is 9.59 Å². The van der Waals surface area contributed by atoms with Gasteiger partial charge in [0.05, 0.1) is 10.5 Å². The van der Waals surface area contributed by atoms with Gasteiger partial charge < -0.3 is 14.5 Å². The number of nitrogens with zero attached hydrogens (tertiary/aromatic N) is 1. The molecule has 2 heterocycles. The summed E-state index contributed by atoms with van der Waals surface area (Å²) in [5, 5.41) is 20.0. The first kappa shape index (κ1) is 17.6. The number of carboxylic acids is 1. The number of aromatic carboxylic acids is 1. The number of furan rings is 1. The molecule has 0 aliphatic carbocycles. The Morgan fingerprint density at radius 1 is 1.15 bits per heavy atom. The van der Waals surface area contributed by atoms with Gasteiger partial charge in [-0.3, -0.25) is 19.9 Å². The normalized spacial score (nSPS) is 11.0. The molecule has 0 amide bonds. The molecule has 136 valence electrons. The van der Waals surface area contributed by atoms with Crippen molar-refractivity contribution in [1.82, 2.24) is 9.97 Å². The first-order valence-corrected chi connectivity index (χ1v) is 7.48. The smallest absolute Gasteiger partial charge is 0.357 e. The first-order valence-electron chi connectivity index (χ1n) is 7.48. The quantitative estimate of drug-likeness (QED) is 0.458. The lowest BCUT2D eigenvalue weighted by Gasteiger charge is -1.99. The van der Waals surface area contributed by atoms with E-state index >= 15 is 0 Å². The molecule has 10 heteroatoms. The lowest BCUT2D eigenvalue weighted by atomic mass is 10.1. The number of benzene rings is 1. The van der Waals surface area contributed by atoms with Crippen LogP contribution in [0.4, 0.5) is 5.69 Å². The van der Waals surface area contributed by atoms with Gasteiger partial charge in [-0.15, -0.1) is 0 Å². The molecule has 0 saturated carbocycles. The number of aromatic nitrogens is 2. The van der Waals surface area contributed by atoms with Gasteiger partial charge in [-0.05, 0) is 36.4 Å². The molecule has 27 heavy (non-hydrogen) atoms. The summed E-state index contributed by atoms with van der Waals surface area (Å²) in [6, 6.07) is 9.26. The average Bonchev–Trinajstić information content (AvgIpc) is 3.08. The van der Waals surface area contributed by atoms with Crippen LogP contribution in [-0.2, 0) is 0 Å². The molecule has 0 bridgehead atoms. The highest BCUT2D eigenvalue weighted by atomic mass is 16.6. The van der Waals surface area contributed by atoms with Gasteiger partial charge in [0.2, 0.25) is 0 Å². The summed E-state index contributed by atoms with van der Waals surface area (Å²) in [6.07, 6.45) is 2.51. The van der Waals surface area contributed by atoms with Crippen LogP contribution in [0.1, 0.15) is 21.8 Å². The van der Waals surface area contributed by atoms with E-state index in [1.807, 2.05) is 0 Å². The Bertz CT molecular complexity index is 1180. The number of hydrogen-bond donors (Lipinski definition) is 3. The van der Waals surface area contributed by atoms with E-state index in [9.17, 15) is 24.5 Å². The van der Waals surface area contributed by atoms with Crippen LogP contribution >= 0.6 is 0 Å². The maximum atomic E-state index is 11.6. The third-order valence-corrected chi connectivity index (χ3v) is 3.56. The zero-order valence-corrected chi connectivity index (χ0v) is 13.5. The number of nitrogens with one attached hydrogen (secondary N) is 2. The second-order valence-corrected chi connectivity index (χ2v) is 5.35. The Balaban J connectivity index is 1.94. The number of carbonyl (C=O) groups is 1. The third-order valence-electron chi connectivity index (χ3n) is 3.56. The van der Waals surface area contributed by atoms with E-state index in [4.69, 9.17) is 9.52 Å². The van der Waals surface area contributed by atoms with Crippen molar-refractivity contribution in [1.29, 1.82) is 0 Å². The Morgan fingerprint density at radius 2 is 1.93 bits per heavy atom. The summed E-state index contributed by atoms with van der Waals surface area (Å²) in [5.74, 6) is -0.415. The summed E-state index contributed by atoms with van der Waals surface area (Å²) in [4.78, 5) is 48.0. The molecule has 0 spiro atoms. The maximum Gasteiger partial charge on any atom is 0.357 e. The zero-order valence-electron chi connectivity index (χ0n) is 13.5. The lowest BCUT2D eigenvalue weighted by Crippen LogP contribution is -2.25. The molecule has 1 aromatic carbocycles. The standard InChI is InChI=1S/C17H11N3O7/c21-15-14(20(25)26)12(18-17(24)19-15)6-4-11-5-7-13(27-11)9-2-1-3-10(8-9)16(22)23/h1-8H,(H,22,23)(H2,18,19,21,24)/b6-4+. The fraction of sp³-hybridized carbons (Fsp3) is 0. The summed E-state index contributed by atoms with van der Waals surface area (Å²) in [5.41, 5.74) is -2.45. The minimum Gasteiger partial charge on any atom is -0.478 e. The van der Waals surface area contributed by atoms with Crippen LogP contribution in [0.15, 0.2) is 50.4 Å². The molecule has 3 N–H and O–H groups in total. The number of aromatic amines is 2. The van der Waals surface area contributed by atoms with Crippen LogP contribution in [0.2, 0.25) is 0 Å². The van der Waals surface area contributed by atoms with E-state index < -0.39 is 27.8 Å². The largest absolute Gasteiger partial charge is 0.478 e. The van der Waals surface area contributed by atoms with Crippen LogP contribution in [-0.4, -0.2) is 26.0 Å². The summed E-state index contributed by atoms with van der Waals surface area (Å²) in [6.45, 7) is 0. The molecule has 0 unspecified atom stereocenters. The number of rotatable bonds is 5. The summed E-state index contributed by atoms with van der Waals surface area (Å²) < 4.78 is 5.56. The van der Waals surface area contributed by atoms with Gasteiger partial charge in [0.25, 0.3) is 0 Å². The fourth-order valence-electron chi connectivity index (χ4n) is 2.37. The van der Waals surface area contributed by atoms with Crippen LogP contribution in [0.25, 0.3) is 23.5 Å². The van der Waals surface area contributed by atoms with E-state index in [1.54, 1.807) is 29.2 Å². The Morgan fingerprint density at radius 3 is 2.63 bits per heavy atom. The van der Waals surface area contributed by atoms with Crippen LogP contribution in [0.3, 0.4) is 0 Å². The summed E-state index contributed by atoms with van der Waals surface area (Å²) >= 11 is 0. The van der Waals surface area contributed by atoms with Gasteiger partial charge in [0.1, 0.15) is 17.2 Å². The van der Waals surface area contributed by atoms with Crippen molar-refractivity contribution in [2.24, 2.45) is 0 Å². The van der Waals surface area contributed by atoms with Crippen LogP contribution < -0.4 is 11.2 Å². The highest BCUT2D eigenvalue weighted by Crippen LogP contribution is 2.24. The topological polar surface area (TPSA) is 159 Å². The lowest BCUT2D eigenvalue weighted by molar-refractivity contribution is -0.386. The van der Waals surface area contributed by atoms with E-state index in [2.05, 4.69) is 4.98 Å². The molecule has 0 saturated heterocycles. The van der Waals surface area contributed by atoms with E-state index in [1.165, 1.54) is 24.3 Å².